The molecule has 0 saturated heterocycles. The molecule has 2 nitrogen and oxygen atoms in total. The molecular formula is C12H27NO. The molecule has 0 aliphatic carbocycles. The molecule has 86 valence electrons. The van der Waals surface area contributed by atoms with Crippen LogP contribution in [0.3, 0.4) is 0 Å². The molecule has 0 aromatic carbocycles. The Balaban J connectivity index is 3.26. The highest BCUT2D eigenvalue weighted by Gasteiger charge is 2.17. The van der Waals surface area contributed by atoms with Crippen molar-refractivity contribution in [1.82, 2.24) is 5.32 Å². The summed E-state index contributed by atoms with van der Waals surface area (Å²) in [4.78, 5) is 0. The van der Waals surface area contributed by atoms with Crippen LogP contribution in [0.2, 0.25) is 0 Å². The van der Waals surface area contributed by atoms with Crippen LogP contribution in [0.4, 0.5) is 0 Å². The van der Waals surface area contributed by atoms with E-state index in [1.54, 1.807) is 0 Å². The molecule has 0 spiro atoms. The van der Waals surface area contributed by atoms with Crippen molar-refractivity contribution < 1.29 is 5.11 Å². The van der Waals surface area contributed by atoms with E-state index in [1.807, 2.05) is 6.92 Å². The SMILES string of the molecule is CCCCCCNCC(C)(O)CCC. The van der Waals surface area contributed by atoms with E-state index >= 15 is 0 Å². The summed E-state index contributed by atoms with van der Waals surface area (Å²) in [6.07, 6.45) is 7.08. The van der Waals surface area contributed by atoms with E-state index in [0.29, 0.717) is 0 Å². The largest absolute Gasteiger partial charge is 0.389 e. The smallest absolute Gasteiger partial charge is 0.0743 e. The van der Waals surface area contributed by atoms with E-state index in [1.165, 1.54) is 25.7 Å². The molecular weight excluding hydrogens is 174 g/mol. The van der Waals surface area contributed by atoms with Gasteiger partial charge >= 0.3 is 0 Å². The first-order chi connectivity index (χ1) is 6.62. The van der Waals surface area contributed by atoms with E-state index < -0.39 is 5.60 Å². The Kier molecular flexibility index (Phi) is 8.20. The van der Waals surface area contributed by atoms with Crippen molar-refractivity contribution in [2.45, 2.75) is 64.9 Å². The number of rotatable bonds is 9. The van der Waals surface area contributed by atoms with Crippen LogP contribution < -0.4 is 5.32 Å². The average molecular weight is 201 g/mol. The summed E-state index contributed by atoms with van der Waals surface area (Å²) in [7, 11) is 0. The van der Waals surface area contributed by atoms with Crippen molar-refractivity contribution in [3.05, 3.63) is 0 Å². The quantitative estimate of drug-likeness (QED) is 0.562. The summed E-state index contributed by atoms with van der Waals surface area (Å²) < 4.78 is 0. The van der Waals surface area contributed by atoms with Crippen LogP contribution in [0.5, 0.6) is 0 Å². The molecule has 0 fully saturated rings. The molecule has 0 aromatic heterocycles. The predicted octanol–water partition coefficient (Wildman–Crippen LogP) is 2.71. The summed E-state index contributed by atoms with van der Waals surface area (Å²) in [5, 5.41) is 13.2. The third-order valence-electron chi connectivity index (χ3n) is 2.50. The third kappa shape index (κ3) is 8.52. The van der Waals surface area contributed by atoms with Gasteiger partial charge in [-0.05, 0) is 26.3 Å². The fraction of sp³-hybridized carbons (Fsp3) is 1.00. The van der Waals surface area contributed by atoms with Crippen LogP contribution in [-0.4, -0.2) is 23.8 Å². The minimum absolute atomic E-state index is 0.514. The molecule has 0 saturated carbocycles. The minimum atomic E-state index is -0.514. The van der Waals surface area contributed by atoms with Crippen molar-refractivity contribution in [2.24, 2.45) is 0 Å². The van der Waals surface area contributed by atoms with Crippen molar-refractivity contribution in [3.8, 4) is 0 Å². The van der Waals surface area contributed by atoms with E-state index in [4.69, 9.17) is 0 Å². The first kappa shape index (κ1) is 13.9. The molecule has 0 heterocycles. The second-order valence-electron chi connectivity index (χ2n) is 4.48. The maximum absolute atomic E-state index is 9.85. The second kappa shape index (κ2) is 8.25. The predicted molar refractivity (Wildman–Crippen MR) is 62.5 cm³/mol. The fourth-order valence-electron chi connectivity index (χ4n) is 1.66. The maximum atomic E-state index is 9.85. The van der Waals surface area contributed by atoms with Gasteiger partial charge in [0, 0.05) is 6.54 Å². The summed E-state index contributed by atoms with van der Waals surface area (Å²) in [5.74, 6) is 0. The Morgan fingerprint density at radius 1 is 1.07 bits per heavy atom. The van der Waals surface area contributed by atoms with Gasteiger partial charge in [0.1, 0.15) is 0 Å². The number of nitrogens with one attached hydrogen (secondary N) is 1. The lowest BCUT2D eigenvalue weighted by Crippen LogP contribution is -2.37. The fourth-order valence-corrected chi connectivity index (χ4v) is 1.66. The zero-order chi connectivity index (χ0) is 10.9. The minimum Gasteiger partial charge on any atom is -0.389 e. The molecule has 0 bridgehead atoms. The number of aliphatic hydroxyl groups is 1. The van der Waals surface area contributed by atoms with Gasteiger partial charge in [0.05, 0.1) is 5.60 Å². The average Bonchev–Trinajstić information content (AvgIpc) is 2.11. The van der Waals surface area contributed by atoms with Crippen molar-refractivity contribution >= 4 is 0 Å². The standard InChI is InChI=1S/C12H27NO/c1-4-6-7-8-10-13-11-12(3,14)9-5-2/h13-14H,4-11H2,1-3H3. The van der Waals surface area contributed by atoms with Crippen molar-refractivity contribution in [2.75, 3.05) is 13.1 Å². The molecule has 2 heteroatoms. The van der Waals surface area contributed by atoms with Gasteiger partial charge in [0.2, 0.25) is 0 Å². The lowest BCUT2D eigenvalue weighted by atomic mass is 10.0. The Hall–Kier alpha value is -0.0800. The van der Waals surface area contributed by atoms with Crippen LogP contribution in [-0.2, 0) is 0 Å². The zero-order valence-electron chi connectivity index (χ0n) is 10.1. The molecule has 0 aromatic rings. The highest BCUT2D eigenvalue weighted by atomic mass is 16.3. The monoisotopic (exact) mass is 201 g/mol. The van der Waals surface area contributed by atoms with Gasteiger partial charge in [-0.1, -0.05) is 39.5 Å². The lowest BCUT2D eigenvalue weighted by Gasteiger charge is -2.22. The molecule has 0 aliphatic rings. The second-order valence-corrected chi connectivity index (χ2v) is 4.48. The molecule has 14 heavy (non-hydrogen) atoms. The lowest BCUT2D eigenvalue weighted by molar-refractivity contribution is 0.0502. The van der Waals surface area contributed by atoms with Crippen molar-refractivity contribution in [1.29, 1.82) is 0 Å². The summed E-state index contributed by atoms with van der Waals surface area (Å²) in [6.45, 7) is 8.01. The molecule has 0 aliphatic heterocycles. The molecule has 0 radical (unpaired) electrons. The van der Waals surface area contributed by atoms with Crippen LogP contribution in [0.15, 0.2) is 0 Å². The normalized spacial score (nSPS) is 15.4. The van der Waals surface area contributed by atoms with Gasteiger partial charge in [-0.15, -0.1) is 0 Å². The number of unbranched alkanes of at least 4 members (excludes halogenated alkanes) is 3. The van der Waals surface area contributed by atoms with E-state index in [0.717, 1.165) is 25.9 Å². The van der Waals surface area contributed by atoms with Gasteiger partial charge < -0.3 is 10.4 Å². The van der Waals surface area contributed by atoms with Crippen LogP contribution >= 0.6 is 0 Å². The Labute approximate surface area is 89.1 Å². The van der Waals surface area contributed by atoms with Crippen LogP contribution in [0.1, 0.15) is 59.3 Å². The highest BCUT2D eigenvalue weighted by Crippen LogP contribution is 2.09. The Morgan fingerprint density at radius 3 is 2.36 bits per heavy atom. The van der Waals surface area contributed by atoms with E-state index in [2.05, 4.69) is 19.2 Å². The molecule has 2 N–H and O–H groups in total. The van der Waals surface area contributed by atoms with E-state index in [-0.39, 0.29) is 0 Å². The van der Waals surface area contributed by atoms with Crippen LogP contribution in [0, 0.1) is 0 Å². The van der Waals surface area contributed by atoms with Crippen LogP contribution in [0.25, 0.3) is 0 Å². The first-order valence-corrected chi connectivity index (χ1v) is 6.05. The van der Waals surface area contributed by atoms with Gasteiger partial charge in [0.15, 0.2) is 0 Å². The Morgan fingerprint density at radius 2 is 1.79 bits per heavy atom. The topological polar surface area (TPSA) is 32.3 Å². The highest BCUT2D eigenvalue weighted by molar-refractivity contribution is 4.74. The van der Waals surface area contributed by atoms with Gasteiger partial charge in [-0.3, -0.25) is 0 Å². The summed E-state index contributed by atoms with van der Waals surface area (Å²) in [6, 6.07) is 0. The van der Waals surface area contributed by atoms with Crippen molar-refractivity contribution in [3.63, 3.8) is 0 Å². The Bertz CT molecular complexity index is 123. The van der Waals surface area contributed by atoms with E-state index in [9.17, 15) is 5.11 Å². The molecule has 0 amide bonds. The number of hydrogen-bond donors (Lipinski definition) is 2. The maximum Gasteiger partial charge on any atom is 0.0743 e. The van der Waals surface area contributed by atoms with Gasteiger partial charge in [-0.25, -0.2) is 0 Å². The summed E-state index contributed by atoms with van der Waals surface area (Å²) in [5.41, 5.74) is -0.514. The van der Waals surface area contributed by atoms with Gasteiger partial charge in [-0.2, -0.15) is 0 Å². The molecule has 0 rings (SSSR count). The zero-order valence-corrected chi connectivity index (χ0v) is 10.1. The first-order valence-electron chi connectivity index (χ1n) is 6.05. The third-order valence-corrected chi connectivity index (χ3v) is 2.50. The summed E-state index contributed by atoms with van der Waals surface area (Å²) >= 11 is 0. The molecule has 1 atom stereocenters. The van der Waals surface area contributed by atoms with Gasteiger partial charge in [0.25, 0.3) is 0 Å². The number of hydrogen-bond acceptors (Lipinski definition) is 2. The molecule has 1 unspecified atom stereocenters.